The molecule has 0 spiro atoms. The van der Waals surface area contributed by atoms with Gasteiger partial charge in [0.05, 0.1) is 31.7 Å². The zero-order valence-electron chi connectivity index (χ0n) is 17.9. The van der Waals surface area contributed by atoms with Crippen molar-refractivity contribution in [3.8, 4) is 0 Å². The summed E-state index contributed by atoms with van der Waals surface area (Å²) in [6, 6.07) is 1.80. The van der Waals surface area contributed by atoms with Gasteiger partial charge in [-0.05, 0) is 45.6 Å². The Kier molecular flexibility index (Phi) is 9.55. The fourth-order valence-electron chi connectivity index (χ4n) is 3.89. The first kappa shape index (κ1) is 22.5. The van der Waals surface area contributed by atoms with Gasteiger partial charge in [0, 0.05) is 19.5 Å². The highest BCUT2D eigenvalue weighted by molar-refractivity contribution is 5.95. The molecule has 1 aliphatic heterocycles. The summed E-state index contributed by atoms with van der Waals surface area (Å²) in [4.78, 5) is 28.6. The number of likely N-dealkylation sites (tertiary alicyclic amines) is 1. The molecule has 158 valence electrons. The lowest BCUT2D eigenvalue weighted by molar-refractivity contribution is -0.903. The minimum absolute atomic E-state index is 0.0315. The Labute approximate surface area is 169 Å². The van der Waals surface area contributed by atoms with Gasteiger partial charge in [0.1, 0.15) is 11.5 Å². The van der Waals surface area contributed by atoms with Crippen LogP contribution in [-0.4, -0.2) is 56.0 Å². The van der Waals surface area contributed by atoms with E-state index < -0.39 is 0 Å². The van der Waals surface area contributed by atoms with Crippen molar-refractivity contribution in [2.75, 3.05) is 39.3 Å². The number of hydrogen-bond donors (Lipinski definition) is 2. The van der Waals surface area contributed by atoms with Gasteiger partial charge in [-0.1, -0.05) is 19.8 Å². The van der Waals surface area contributed by atoms with E-state index in [2.05, 4.69) is 12.2 Å². The van der Waals surface area contributed by atoms with Crippen LogP contribution in [0, 0.1) is 13.8 Å². The average molecular weight is 393 g/mol. The van der Waals surface area contributed by atoms with Gasteiger partial charge in [0.2, 0.25) is 5.91 Å². The van der Waals surface area contributed by atoms with E-state index in [1.165, 1.54) is 32.4 Å². The standard InChI is InChI=1S/C22H37N3O3/c1-4-5-7-14-25(22(27)20-17-18(2)28-19(20)3)15-10-21(26)23-11-16-24-12-8-6-9-13-24/h17H,4-16H2,1-3H3,(H,23,26)/p+1. The molecule has 0 aliphatic carbocycles. The molecule has 6 heteroatoms. The van der Waals surface area contributed by atoms with Crippen LogP contribution in [0.15, 0.2) is 10.5 Å². The minimum Gasteiger partial charge on any atom is -0.466 e. The van der Waals surface area contributed by atoms with E-state index in [0.717, 1.165) is 38.1 Å². The van der Waals surface area contributed by atoms with E-state index in [1.807, 2.05) is 18.7 Å². The molecule has 0 atom stereocenters. The third-order valence-electron chi connectivity index (χ3n) is 5.56. The third-order valence-corrected chi connectivity index (χ3v) is 5.56. The van der Waals surface area contributed by atoms with Crippen LogP contribution in [0.5, 0.6) is 0 Å². The van der Waals surface area contributed by atoms with Gasteiger partial charge in [0.25, 0.3) is 5.91 Å². The Balaban J connectivity index is 1.81. The van der Waals surface area contributed by atoms with E-state index in [1.54, 1.807) is 11.0 Å². The van der Waals surface area contributed by atoms with Gasteiger partial charge in [-0.2, -0.15) is 0 Å². The second-order valence-corrected chi connectivity index (χ2v) is 7.99. The predicted molar refractivity (Wildman–Crippen MR) is 111 cm³/mol. The molecule has 0 aromatic carbocycles. The van der Waals surface area contributed by atoms with Gasteiger partial charge >= 0.3 is 0 Å². The summed E-state index contributed by atoms with van der Waals surface area (Å²) in [7, 11) is 0. The van der Waals surface area contributed by atoms with E-state index in [-0.39, 0.29) is 11.8 Å². The number of nitrogens with zero attached hydrogens (tertiary/aromatic N) is 1. The van der Waals surface area contributed by atoms with Crippen molar-refractivity contribution < 1.29 is 18.9 Å². The van der Waals surface area contributed by atoms with Crippen LogP contribution in [0.4, 0.5) is 0 Å². The van der Waals surface area contributed by atoms with Crippen LogP contribution in [-0.2, 0) is 4.79 Å². The molecule has 2 heterocycles. The van der Waals surface area contributed by atoms with Crippen molar-refractivity contribution in [2.45, 2.75) is 65.7 Å². The molecule has 2 rings (SSSR count). The van der Waals surface area contributed by atoms with Crippen LogP contribution in [0.3, 0.4) is 0 Å². The van der Waals surface area contributed by atoms with E-state index >= 15 is 0 Å². The maximum absolute atomic E-state index is 12.9. The number of hydrogen-bond acceptors (Lipinski definition) is 3. The van der Waals surface area contributed by atoms with Gasteiger partial charge in [-0.25, -0.2) is 0 Å². The SMILES string of the molecule is CCCCCN(CCC(=O)NCC[NH+]1CCCCC1)C(=O)c1cc(C)oc1C. The zero-order valence-corrected chi connectivity index (χ0v) is 17.9. The van der Waals surface area contributed by atoms with Crippen molar-refractivity contribution in [1.29, 1.82) is 0 Å². The summed E-state index contributed by atoms with van der Waals surface area (Å²) >= 11 is 0. The molecule has 6 nitrogen and oxygen atoms in total. The summed E-state index contributed by atoms with van der Waals surface area (Å²) in [5, 5.41) is 3.03. The second-order valence-electron chi connectivity index (χ2n) is 7.99. The quantitative estimate of drug-likeness (QED) is 0.567. The Morgan fingerprint density at radius 1 is 1.14 bits per heavy atom. The van der Waals surface area contributed by atoms with Crippen LogP contribution in [0.2, 0.25) is 0 Å². The van der Waals surface area contributed by atoms with E-state index in [9.17, 15) is 9.59 Å². The number of carbonyl (C=O) groups excluding carboxylic acids is 2. The average Bonchev–Trinajstić information content (AvgIpc) is 3.03. The maximum Gasteiger partial charge on any atom is 0.257 e. The summed E-state index contributed by atoms with van der Waals surface area (Å²) in [6.45, 7) is 11.1. The molecule has 0 unspecified atom stereocenters. The number of rotatable bonds is 11. The number of piperidine rings is 1. The molecule has 2 amide bonds. The normalized spacial score (nSPS) is 14.8. The Bertz CT molecular complexity index is 621. The van der Waals surface area contributed by atoms with Crippen LogP contribution in [0.25, 0.3) is 0 Å². The molecule has 1 aliphatic rings. The molecule has 1 aromatic heterocycles. The maximum atomic E-state index is 12.9. The molecule has 1 aromatic rings. The number of amides is 2. The summed E-state index contributed by atoms with van der Waals surface area (Å²) < 4.78 is 5.52. The van der Waals surface area contributed by atoms with Crippen LogP contribution in [0.1, 0.15) is 73.7 Å². The molecule has 28 heavy (non-hydrogen) atoms. The first-order valence-corrected chi connectivity index (χ1v) is 11.0. The van der Waals surface area contributed by atoms with Crippen molar-refractivity contribution in [2.24, 2.45) is 0 Å². The molecule has 1 fully saturated rings. The monoisotopic (exact) mass is 392 g/mol. The first-order chi connectivity index (χ1) is 13.5. The number of nitrogens with one attached hydrogen (secondary N) is 2. The van der Waals surface area contributed by atoms with Gasteiger partial charge in [-0.15, -0.1) is 0 Å². The first-order valence-electron chi connectivity index (χ1n) is 11.0. The van der Waals surface area contributed by atoms with Crippen LogP contribution >= 0.6 is 0 Å². The van der Waals surface area contributed by atoms with Crippen molar-refractivity contribution in [3.63, 3.8) is 0 Å². The van der Waals surface area contributed by atoms with Gasteiger partial charge in [-0.3, -0.25) is 9.59 Å². The fourth-order valence-corrected chi connectivity index (χ4v) is 3.89. The van der Waals surface area contributed by atoms with Crippen molar-refractivity contribution in [1.82, 2.24) is 10.2 Å². The molecule has 0 saturated carbocycles. The molecular formula is C22H38N3O3+. The third kappa shape index (κ3) is 7.30. The fraction of sp³-hybridized carbons (Fsp3) is 0.727. The number of quaternary nitrogens is 1. The lowest BCUT2D eigenvalue weighted by Gasteiger charge is -2.24. The largest absolute Gasteiger partial charge is 0.466 e. The zero-order chi connectivity index (χ0) is 20.4. The summed E-state index contributed by atoms with van der Waals surface area (Å²) in [6.07, 6.45) is 7.42. The van der Waals surface area contributed by atoms with Crippen molar-refractivity contribution >= 4 is 11.8 Å². The Hall–Kier alpha value is -1.82. The molecule has 0 radical (unpaired) electrons. The topological polar surface area (TPSA) is 67.0 Å². The Morgan fingerprint density at radius 3 is 2.54 bits per heavy atom. The summed E-state index contributed by atoms with van der Waals surface area (Å²) in [5.74, 6) is 1.39. The smallest absolute Gasteiger partial charge is 0.257 e. The number of furan rings is 1. The number of unbranched alkanes of at least 4 members (excludes halogenated alkanes) is 2. The Morgan fingerprint density at radius 2 is 1.89 bits per heavy atom. The number of carbonyl (C=O) groups is 2. The minimum atomic E-state index is -0.0315. The van der Waals surface area contributed by atoms with E-state index in [0.29, 0.717) is 30.8 Å². The summed E-state index contributed by atoms with van der Waals surface area (Å²) in [5.41, 5.74) is 0.614. The number of aryl methyl sites for hydroxylation is 2. The van der Waals surface area contributed by atoms with Gasteiger partial charge in [0.15, 0.2) is 0 Å². The lowest BCUT2D eigenvalue weighted by atomic mass is 10.1. The predicted octanol–water partition coefficient (Wildman–Crippen LogP) is 2.10. The highest BCUT2D eigenvalue weighted by Crippen LogP contribution is 2.17. The molecule has 0 bridgehead atoms. The highest BCUT2D eigenvalue weighted by atomic mass is 16.3. The molecule has 1 saturated heterocycles. The molecule has 2 N–H and O–H groups in total. The second kappa shape index (κ2) is 11.9. The highest BCUT2D eigenvalue weighted by Gasteiger charge is 2.21. The van der Waals surface area contributed by atoms with Crippen molar-refractivity contribution in [3.05, 3.63) is 23.2 Å². The lowest BCUT2D eigenvalue weighted by Crippen LogP contribution is -3.13. The van der Waals surface area contributed by atoms with E-state index in [4.69, 9.17) is 4.42 Å². The van der Waals surface area contributed by atoms with Gasteiger partial charge < -0.3 is 19.5 Å². The van der Waals surface area contributed by atoms with Crippen LogP contribution < -0.4 is 10.2 Å². The molecular weight excluding hydrogens is 354 g/mol.